The zero-order valence-electron chi connectivity index (χ0n) is 44.6. The third-order valence-corrected chi connectivity index (χ3v) is 12.3. The molecule has 0 aromatic heterocycles. The fraction of sp³-hybridized carbons (Fsp3) is 0.491. The number of benzene rings is 3. The second-order valence-electron chi connectivity index (χ2n) is 18.5. The van der Waals surface area contributed by atoms with E-state index in [1.165, 1.54) is 12.1 Å². The van der Waals surface area contributed by atoms with E-state index in [2.05, 4.69) is 36.9 Å². The second kappa shape index (κ2) is 35.5. The van der Waals surface area contributed by atoms with Gasteiger partial charge in [-0.2, -0.15) is 4.99 Å². The number of carboxylic acids is 3. The van der Waals surface area contributed by atoms with Crippen molar-refractivity contribution in [1.82, 2.24) is 51.5 Å². The number of guanidine groups is 1. The topological polar surface area (TPSA) is 359 Å². The summed E-state index contributed by atoms with van der Waals surface area (Å²) in [5.41, 5.74) is 7.88. The number of hydrogen-bond donors (Lipinski definition) is 11. The van der Waals surface area contributed by atoms with Crippen molar-refractivity contribution in [2.45, 2.75) is 44.7 Å². The molecule has 3 aromatic rings. The molecule has 1 unspecified atom stereocenters. The molecule has 1 aliphatic heterocycles. The van der Waals surface area contributed by atoms with Crippen LogP contribution in [0.2, 0.25) is 0 Å². The van der Waals surface area contributed by atoms with Gasteiger partial charge in [0.25, 0.3) is 0 Å². The van der Waals surface area contributed by atoms with E-state index < -0.39 is 47.7 Å². The summed E-state index contributed by atoms with van der Waals surface area (Å²) in [5, 5.41) is 54.8. The standard InChI is InChI=1S/C53H76N12O14/c1-2-44(67)55-18-19-58-53(77)61-52(54)57-17-7-12-43(50(75)59-33-38-13-15-41(66)16-14-38)60-51(76)49(39-8-4-3-5-9-39)40-10-6-11-42(32-40)79-31-30-78-29-20-56-45(68)34-62-21-23-63(35-46(69)70)25-27-65(37-48(73)74)28-26-64(24-22-62)36-47(71)72/h3-6,8-11,13-16,32,43,49,66H,2,7,12,17-31,33-37H2,1H3,(H,55,67)(H,56,68)(H,59,75)(H,60,76)(H,69,70)(H,71,72)(H,73,74)(H4,54,57,58,61,77)/t43-,49?/m1/s1. The maximum absolute atomic E-state index is 14.4. The molecule has 2 atom stereocenters. The Morgan fingerprint density at radius 2 is 1.15 bits per heavy atom. The van der Waals surface area contributed by atoms with Gasteiger partial charge in [-0.25, -0.2) is 4.79 Å². The smallest absolute Gasteiger partial charge is 0.344 e. The van der Waals surface area contributed by atoms with E-state index >= 15 is 0 Å². The van der Waals surface area contributed by atoms with E-state index in [9.17, 15) is 58.8 Å². The lowest BCUT2D eigenvalue weighted by Gasteiger charge is -2.32. The molecule has 1 saturated heterocycles. The van der Waals surface area contributed by atoms with Gasteiger partial charge in [0.2, 0.25) is 23.6 Å². The van der Waals surface area contributed by atoms with Crippen LogP contribution in [0.15, 0.2) is 83.9 Å². The molecule has 3 aromatic carbocycles. The number of hydrogen-bond acceptors (Lipinski definition) is 15. The van der Waals surface area contributed by atoms with Crippen molar-refractivity contribution in [3.8, 4) is 11.5 Å². The third kappa shape index (κ3) is 26.3. The molecule has 79 heavy (non-hydrogen) atoms. The Morgan fingerprint density at radius 3 is 1.73 bits per heavy atom. The molecule has 0 aliphatic carbocycles. The van der Waals surface area contributed by atoms with Crippen LogP contribution < -0.4 is 42.4 Å². The summed E-state index contributed by atoms with van der Waals surface area (Å²) in [6.07, 6.45) is 0.793. The first-order chi connectivity index (χ1) is 38.0. The number of nitrogens with two attached hydrogens (primary N) is 1. The van der Waals surface area contributed by atoms with Crippen molar-refractivity contribution in [3.63, 3.8) is 0 Å². The fourth-order valence-electron chi connectivity index (χ4n) is 8.21. The van der Waals surface area contributed by atoms with E-state index in [0.29, 0.717) is 42.8 Å². The van der Waals surface area contributed by atoms with Gasteiger partial charge in [0, 0.05) is 91.5 Å². The van der Waals surface area contributed by atoms with Crippen molar-refractivity contribution >= 4 is 53.5 Å². The SMILES string of the molecule is CCC(=O)NCCNC(=O)/N=C(/N)NCCC[C@@H](NC(=O)C(c1ccccc1)c1cccc(OCCOCCNC(=O)CN2CCN(CC(=O)O)CCN(CC(=O)O)CCN(CC(=O)O)CC2)c1)C(=O)NCc1ccc(O)cc1. The van der Waals surface area contributed by atoms with Crippen LogP contribution in [0, 0.1) is 0 Å². The normalized spacial score (nSPS) is 15.0. The van der Waals surface area contributed by atoms with Crippen LogP contribution in [0.5, 0.6) is 11.5 Å². The summed E-state index contributed by atoms with van der Waals surface area (Å²) < 4.78 is 11.8. The quantitative estimate of drug-likeness (QED) is 0.0222. The Kier molecular flexibility index (Phi) is 28.6. The van der Waals surface area contributed by atoms with Crippen molar-refractivity contribution in [1.29, 1.82) is 0 Å². The maximum atomic E-state index is 14.4. The number of urea groups is 1. The molecule has 26 heteroatoms. The number of nitrogens with one attached hydrogen (secondary N) is 6. The van der Waals surface area contributed by atoms with E-state index in [-0.39, 0.29) is 148 Å². The molecular weight excluding hydrogens is 1030 g/mol. The summed E-state index contributed by atoms with van der Waals surface area (Å²) in [6.45, 7) is 4.32. The van der Waals surface area contributed by atoms with Gasteiger partial charge in [0.1, 0.15) is 24.1 Å². The first kappa shape index (κ1) is 63.6. The number of phenols is 1. The minimum Gasteiger partial charge on any atom is -0.508 e. The Balaban J connectivity index is 1.32. The van der Waals surface area contributed by atoms with Gasteiger partial charge in [-0.05, 0) is 53.8 Å². The number of aromatic hydroxyl groups is 1. The number of aliphatic imine (C=N–C) groups is 1. The summed E-state index contributed by atoms with van der Waals surface area (Å²) in [4.78, 5) is 110. The highest BCUT2D eigenvalue weighted by atomic mass is 16.5. The fourth-order valence-corrected chi connectivity index (χ4v) is 8.21. The first-order valence-electron chi connectivity index (χ1n) is 26.1. The molecule has 1 aliphatic rings. The number of rotatable bonds is 30. The molecule has 0 radical (unpaired) electrons. The second-order valence-corrected chi connectivity index (χ2v) is 18.5. The molecule has 0 saturated carbocycles. The van der Waals surface area contributed by atoms with Gasteiger partial charge in [-0.15, -0.1) is 0 Å². The predicted molar refractivity (Wildman–Crippen MR) is 290 cm³/mol. The van der Waals surface area contributed by atoms with Gasteiger partial charge in [-0.3, -0.25) is 53.2 Å². The molecule has 0 spiro atoms. The predicted octanol–water partition coefficient (Wildman–Crippen LogP) is -0.767. The molecular formula is C53H76N12O14. The average molecular weight is 1110 g/mol. The zero-order valence-corrected chi connectivity index (χ0v) is 44.6. The minimum atomic E-state index is -1.05. The van der Waals surface area contributed by atoms with E-state index in [4.69, 9.17) is 15.2 Å². The minimum absolute atomic E-state index is 0.0421. The highest BCUT2D eigenvalue weighted by molar-refractivity contribution is 5.93. The van der Waals surface area contributed by atoms with Crippen LogP contribution in [-0.2, 0) is 44.8 Å². The van der Waals surface area contributed by atoms with Crippen LogP contribution >= 0.6 is 0 Å². The van der Waals surface area contributed by atoms with Crippen LogP contribution in [0.25, 0.3) is 0 Å². The Hall–Kier alpha value is -7.91. The van der Waals surface area contributed by atoms with Gasteiger partial charge >= 0.3 is 23.9 Å². The van der Waals surface area contributed by atoms with Crippen LogP contribution in [0.4, 0.5) is 4.79 Å². The van der Waals surface area contributed by atoms with Crippen LogP contribution in [0.3, 0.4) is 0 Å². The Morgan fingerprint density at radius 1 is 0.595 bits per heavy atom. The van der Waals surface area contributed by atoms with Crippen molar-refractivity contribution in [3.05, 3.63) is 95.6 Å². The number of carbonyl (C=O) groups is 8. The number of phenolic OH excluding ortho intramolecular Hbond substituents is 1. The molecule has 1 heterocycles. The molecule has 4 rings (SSSR count). The van der Waals surface area contributed by atoms with Crippen molar-refractivity contribution in [2.24, 2.45) is 10.7 Å². The van der Waals surface area contributed by atoms with Gasteiger partial charge < -0.3 is 67.5 Å². The molecule has 1 fully saturated rings. The van der Waals surface area contributed by atoms with Crippen LogP contribution in [0.1, 0.15) is 48.8 Å². The summed E-state index contributed by atoms with van der Waals surface area (Å²) in [7, 11) is 0. The molecule has 6 amide bonds. The lowest BCUT2D eigenvalue weighted by Crippen LogP contribution is -2.50. The summed E-state index contributed by atoms with van der Waals surface area (Å²) in [5.74, 6) is -5.06. The monoisotopic (exact) mass is 1100 g/mol. The lowest BCUT2D eigenvalue weighted by atomic mass is 9.90. The van der Waals surface area contributed by atoms with E-state index in [0.717, 1.165) is 5.56 Å². The van der Waals surface area contributed by atoms with Gasteiger partial charge in [0.05, 0.1) is 45.3 Å². The highest BCUT2D eigenvalue weighted by Gasteiger charge is 2.29. The Labute approximate surface area is 459 Å². The van der Waals surface area contributed by atoms with Crippen molar-refractivity contribution in [2.75, 3.05) is 125 Å². The summed E-state index contributed by atoms with van der Waals surface area (Å²) in [6, 6.07) is 20.6. The molecule has 432 valence electrons. The van der Waals surface area contributed by atoms with E-state index in [1.807, 2.05) is 11.0 Å². The number of amides is 6. The van der Waals surface area contributed by atoms with E-state index in [1.54, 1.807) is 82.3 Å². The van der Waals surface area contributed by atoms with Gasteiger partial charge in [-0.1, -0.05) is 61.5 Å². The number of carbonyl (C=O) groups excluding carboxylic acids is 5. The van der Waals surface area contributed by atoms with Crippen LogP contribution in [-0.4, -0.2) is 224 Å². The van der Waals surface area contributed by atoms with Gasteiger partial charge in [0.15, 0.2) is 5.96 Å². The largest absolute Gasteiger partial charge is 0.508 e. The number of carboxylic acid groups (broad SMARTS) is 3. The zero-order chi connectivity index (χ0) is 57.4. The Bertz CT molecular complexity index is 2420. The molecule has 0 bridgehead atoms. The average Bonchev–Trinajstić information content (AvgIpc) is 3.45. The van der Waals surface area contributed by atoms with Crippen molar-refractivity contribution < 1.29 is 68.3 Å². The molecule has 12 N–H and O–H groups in total. The highest BCUT2D eigenvalue weighted by Crippen LogP contribution is 2.28. The number of ether oxygens (including phenoxy) is 2. The number of nitrogens with zero attached hydrogens (tertiary/aromatic N) is 5. The lowest BCUT2D eigenvalue weighted by molar-refractivity contribution is -0.140. The summed E-state index contributed by atoms with van der Waals surface area (Å²) >= 11 is 0. The maximum Gasteiger partial charge on any atom is 0.344 e. The third-order valence-electron chi connectivity index (χ3n) is 12.3. The first-order valence-corrected chi connectivity index (χ1v) is 26.1. The number of aliphatic carboxylic acids is 3. The molecule has 26 nitrogen and oxygen atoms in total.